The van der Waals surface area contributed by atoms with E-state index in [9.17, 15) is 8.78 Å². The molecule has 0 fully saturated rings. The van der Waals surface area contributed by atoms with Gasteiger partial charge in [-0.1, -0.05) is 0 Å². The second-order valence-electron chi connectivity index (χ2n) is 3.79. The van der Waals surface area contributed by atoms with Gasteiger partial charge in [-0.15, -0.1) is 0 Å². The molecule has 1 aromatic carbocycles. The highest BCUT2D eigenvalue weighted by Gasteiger charge is 2.08. The second kappa shape index (κ2) is 5.10. The van der Waals surface area contributed by atoms with Gasteiger partial charge in [-0.25, -0.2) is 13.8 Å². The number of aromatic nitrogens is 1. The van der Waals surface area contributed by atoms with Crippen molar-refractivity contribution in [2.45, 2.75) is 13.5 Å². The molecule has 0 bridgehead atoms. The van der Waals surface area contributed by atoms with Crippen molar-refractivity contribution in [3.05, 3.63) is 53.2 Å². The zero-order valence-electron chi connectivity index (χ0n) is 9.65. The van der Waals surface area contributed by atoms with Crippen molar-refractivity contribution in [2.75, 3.05) is 0 Å². The number of pyridine rings is 1. The predicted octanol–water partition coefficient (Wildman–Crippen LogP) is 2.95. The Morgan fingerprint density at radius 2 is 2.00 bits per heavy atom. The maximum atomic E-state index is 13.4. The van der Waals surface area contributed by atoms with E-state index in [4.69, 9.17) is 9.84 Å². The summed E-state index contributed by atoms with van der Waals surface area (Å²) < 4.78 is 31.3. The van der Waals surface area contributed by atoms with Crippen LogP contribution in [0.2, 0.25) is 0 Å². The highest BCUT2D eigenvalue weighted by molar-refractivity contribution is 5.31. The van der Waals surface area contributed by atoms with Crippen molar-refractivity contribution in [3.63, 3.8) is 0 Å². The predicted molar refractivity (Wildman–Crippen MR) is 61.3 cm³/mol. The Balaban J connectivity index is 2.30. The standard InChI is InChI=1S/C13H11F2NO2/c1-8-4-9(7-17)5-13(16-8)18-12-3-2-10(14)6-11(12)15/h2-6,17H,7H2,1H3. The summed E-state index contributed by atoms with van der Waals surface area (Å²) in [6.07, 6.45) is 0. The van der Waals surface area contributed by atoms with Crippen LogP contribution in [0, 0.1) is 18.6 Å². The molecule has 0 aliphatic carbocycles. The van der Waals surface area contributed by atoms with E-state index in [0.29, 0.717) is 11.3 Å². The topological polar surface area (TPSA) is 42.4 Å². The molecule has 0 amide bonds. The monoisotopic (exact) mass is 251 g/mol. The molecular weight excluding hydrogens is 240 g/mol. The first-order chi connectivity index (χ1) is 8.58. The van der Waals surface area contributed by atoms with E-state index in [0.717, 1.165) is 12.1 Å². The summed E-state index contributed by atoms with van der Waals surface area (Å²) in [5, 5.41) is 9.04. The lowest BCUT2D eigenvalue weighted by Gasteiger charge is -2.08. The summed E-state index contributed by atoms with van der Waals surface area (Å²) in [4.78, 5) is 4.05. The second-order valence-corrected chi connectivity index (χ2v) is 3.79. The number of aliphatic hydroxyl groups is 1. The number of ether oxygens (including phenoxy) is 1. The lowest BCUT2D eigenvalue weighted by molar-refractivity contribution is 0.280. The fourth-order valence-electron chi connectivity index (χ4n) is 1.52. The van der Waals surface area contributed by atoms with E-state index in [-0.39, 0.29) is 18.2 Å². The molecule has 1 heterocycles. The molecule has 0 aliphatic heterocycles. The quantitative estimate of drug-likeness (QED) is 0.911. The number of benzene rings is 1. The lowest BCUT2D eigenvalue weighted by atomic mass is 10.2. The van der Waals surface area contributed by atoms with Crippen LogP contribution in [0.15, 0.2) is 30.3 Å². The van der Waals surface area contributed by atoms with Crippen molar-refractivity contribution in [2.24, 2.45) is 0 Å². The fourth-order valence-corrected chi connectivity index (χ4v) is 1.52. The van der Waals surface area contributed by atoms with Crippen molar-refractivity contribution in [3.8, 4) is 11.6 Å². The Bertz CT molecular complexity index is 573. The number of hydrogen-bond acceptors (Lipinski definition) is 3. The minimum Gasteiger partial charge on any atom is -0.436 e. The molecule has 0 spiro atoms. The molecule has 94 valence electrons. The van der Waals surface area contributed by atoms with Crippen LogP contribution in [0.3, 0.4) is 0 Å². The highest BCUT2D eigenvalue weighted by atomic mass is 19.1. The number of aliphatic hydroxyl groups excluding tert-OH is 1. The van der Waals surface area contributed by atoms with Crippen LogP contribution in [0.1, 0.15) is 11.3 Å². The first kappa shape index (κ1) is 12.4. The molecule has 5 heteroatoms. The van der Waals surface area contributed by atoms with Gasteiger partial charge < -0.3 is 9.84 Å². The molecule has 18 heavy (non-hydrogen) atoms. The van der Waals surface area contributed by atoms with Crippen LogP contribution < -0.4 is 4.74 Å². The SMILES string of the molecule is Cc1cc(CO)cc(Oc2ccc(F)cc2F)n1. The zero-order chi connectivity index (χ0) is 13.1. The van der Waals surface area contributed by atoms with Crippen LogP contribution in [-0.4, -0.2) is 10.1 Å². The Kier molecular flexibility index (Phi) is 3.53. The van der Waals surface area contributed by atoms with Crippen molar-refractivity contribution >= 4 is 0 Å². The van der Waals surface area contributed by atoms with E-state index in [1.807, 2.05) is 0 Å². The molecule has 0 atom stereocenters. The largest absolute Gasteiger partial charge is 0.436 e. The van der Waals surface area contributed by atoms with Gasteiger partial charge in [0, 0.05) is 17.8 Å². The minimum atomic E-state index is -0.802. The van der Waals surface area contributed by atoms with Crippen LogP contribution in [0.4, 0.5) is 8.78 Å². The summed E-state index contributed by atoms with van der Waals surface area (Å²) in [7, 11) is 0. The average molecular weight is 251 g/mol. The van der Waals surface area contributed by atoms with Gasteiger partial charge in [0.25, 0.3) is 0 Å². The van der Waals surface area contributed by atoms with Crippen LogP contribution >= 0.6 is 0 Å². The van der Waals surface area contributed by atoms with Crippen LogP contribution in [-0.2, 0) is 6.61 Å². The minimum absolute atomic E-state index is 0.113. The summed E-state index contributed by atoms with van der Waals surface area (Å²) in [6.45, 7) is 1.57. The Hall–Kier alpha value is -2.01. The number of halogens is 2. The van der Waals surface area contributed by atoms with Crippen LogP contribution in [0.5, 0.6) is 11.6 Å². The summed E-state index contributed by atoms with van der Waals surface area (Å²) in [5.41, 5.74) is 1.25. The number of nitrogens with zero attached hydrogens (tertiary/aromatic N) is 1. The van der Waals surface area contributed by atoms with Crippen molar-refractivity contribution in [1.29, 1.82) is 0 Å². The van der Waals surface area contributed by atoms with Crippen LogP contribution in [0.25, 0.3) is 0 Å². The van der Waals surface area contributed by atoms with E-state index >= 15 is 0 Å². The molecule has 0 radical (unpaired) electrons. The molecule has 0 unspecified atom stereocenters. The molecule has 0 saturated carbocycles. The molecule has 1 aromatic heterocycles. The summed E-state index contributed by atoms with van der Waals surface area (Å²) >= 11 is 0. The normalized spacial score (nSPS) is 10.4. The van der Waals surface area contributed by atoms with Crippen molar-refractivity contribution < 1.29 is 18.6 Å². The third-order valence-electron chi connectivity index (χ3n) is 2.28. The maximum absolute atomic E-state index is 13.4. The first-order valence-corrected chi connectivity index (χ1v) is 5.30. The van der Waals surface area contributed by atoms with E-state index in [1.165, 1.54) is 12.1 Å². The summed E-state index contributed by atoms with van der Waals surface area (Å²) in [6, 6.07) is 6.20. The molecule has 0 aliphatic rings. The van der Waals surface area contributed by atoms with Gasteiger partial charge in [0.05, 0.1) is 6.61 Å². The average Bonchev–Trinajstić information content (AvgIpc) is 2.32. The third kappa shape index (κ3) is 2.81. The molecule has 1 N–H and O–H groups in total. The smallest absolute Gasteiger partial charge is 0.219 e. The van der Waals surface area contributed by atoms with Gasteiger partial charge in [-0.3, -0.25) is 0 Å². The Morgan fingerprint density at radius 1 is 1.22 bits per heavy atom. The molecular formula is C13H11F2NO2. The Labute approximate surface area is 103 Å². The Morgan fingerprint density at radius 3 is 2.67 bits per heavy atom. The molecule has 3 nitrogen and oxygen atoms in total. The van der Waals surface area contributed by atoms with E-state index < -0.39 is 11.6 Å². The first-order valence-electron chi connectivity index (χ1n) is 5.30. The van der Waals surface area contributed by atoms with Gasteiger partial charge in [0.15, 0.2) is 11.6 Å². The maximum Gasteiger partial charge on any atom is 0.219 e. The highest BCUT2D eigenvalue weighted by Crippen LogP contribution is 2.24. The fraction of sp³-hybridized carbons (Fsp3) is 0.154. The molecule has 0 saturated heterocycles. The van der Waals surface area contributed by atoms with E-state index in [1.54, 1.807) is 13.0 Å². The van der Waals surface area contributed by atoms with Gasteiger partial charge in [0.1, 0.15) is 5.82 Å². The summed E-state index contributed by atoms with van der Waals surface area (Å²) in [5.74, 6) is -1.43. The zero-order valence-corrected chi connectivity index (χ0v) is 9.65. The van der Waals surface area contributed by atoms with Gasteiger partial charge in [-0.05, 0) is 30.7 Å². The van der Waals surface area contributed by atoms with E-state index in [2.05, 4.69) is 4.98 Å². The van der Waals surface area contributed by atoms with Gasteiger partial charge in [-0.2, -0.15) is 0 Å². The number of hydrogen-bond donors (Lipinski definition) is 1. The number of rotatable bonds is 3. The third-order valence-corrected chi connectivity index (χ3v) is 2.28. The lowest BCUT2D eigenvalue weighted by Crippen LogP contribution is -1.95. The molecule has 2 rings (SSSR count). The van der Waals surface area contributed by atoms with Gasteiger partial charge in [0.2, 0.25) is 5.88 Å². The van der Waals surface area contributed by atoms with Crippen molar-refractivity contribution in [1.82, 2.24) is 4.98 Å². The molecule has 2 aromatic rings. The number of aryl methyl sites for hydroxylation is 1. The van der Waals surface area contributed by atoms with Gasteiger partial charge >= 0.3 is 0 Å².